The summed E-state index contributed by atoms with van der Waals surface area (Å²) in [6.45, 7) is 10.8. The Labute approximate surface area is 118 Å². The summed E-state index contributed by atoms with van der Waals surface area (Å²) >= 11 is 0. The van der Waals surface area contributed by atoms with Crippen LogP contribution in [0.25, 0.3) is 0 Å². The van der Waals surface area contributed by atoms with Crippen LogP contribution in [0.2, 0.25) is 0 Å². The second-order valence-corrected chi connectivity index (χ2v) is 6.92. The van der Waals surface area contributed by atoms with Crippen LogP contribution in [-0.2, 0) is 4.74 Å². The molecule has 0 bridgehead atoms. The fourth-order valence-electron chi connectivity index (χ4n) is 3.87. The van der Waals surface area contributed by atoms with Crippen LogP contribution >= 0.6 is 0 Å². The fraction of sp³-hybridized carbons (Fsp3) is 1.00. The van der Waals surface area contributed by atoms with E-state index in [0.717, 1.165) is 32.2 Å². The molecule has 1 aliphatic carbocycles. The zero-order chi connectivity index (χ0) is 13.9. The maximum atomic E-state index is 5.92. The molecule has 3 N–H and O–H groups in total. The van der Waals surface area contributed by atoms with Gasteiger partial charge in [0.25, 0.3) is 0 Å². The number of hydrogen-bond acceptors (Lipinski definition) is 4. The second kappa shape index (κ2) is 6.53. The van der Waals surface area contributed by atoms with Crippen molar-refractivity contribution >= 4 is 0 Å². The van der Waals surface area contributed by atoms with E-state index in [2.05, 4.69) is 31.1 Å². The van der Waals surface area contributed by atoms with Gasteiger partial charge < -0.3 is 4.74 Å². The number of morpholine rings is 1. The van der Waals surface area contributed by atoms with Gasteiger partial charge in [-0.15, -0.1) is 0 Å². The third-order valence-corrected chi connectivity index (χ3v) is 5.30. The first-order chi connectivity index (χ1) is 9.05. The number of rotatable bonds is 4. The Morgan fingerprint density at radius 1 is 1.16 bits per heavy atom. The summed E-state index contributed by atoms with van der Waals surface area (Å²) in [7, 11) is 0. The lowest BCUT2D eigenvalue weighted by Gasteiger charge is -2.49. The zero-order valence-corrected chi connectivity index (χ0v) is 12.8. The first kappa shape index (κ1) is 15.2. The molecule has 1 heterocycles. The summed E-state index contributed by atoms with van der Waals surface area (Å²) in [5.41, 5.74) is 3.24. The first-order valence-corrected chi connectivity index (χ1v) is 7.84. The highest BCUT2D eigenvalue weighted by molar-refractivity contribution is 4.98. The molecule has 112 valence electrons. The van der Waals surface area contributed by atoms with Crippen molar-refractivity contribution in [2.75, 3.05) is 26.3 Å². The molecule has 0 amide bonds. The Kier molecular flexibility index (Phi) is 5.23. The van der Waals surface area contributed by atoms with Crippen molar-refractivity contribution in [3.8, 4) is 0 Å². The van der Waals surface area contributed by atoms with Crippen molar-refractivity contribution in [2.45, 2.75) is 58.0 Å². The molecule has 0 aromatic carbocycles. The van der Waals surface area contributed by atoms with Gasteiger partial charge in [-0.3, -0.25) is 16.2 Å². The van der Waals surface area contributed by atoms with Crippen LogP contribution in [-0.4, -0.2) is 42.8 Å². The molecule has 0 radical (unpaired) electrons. The largest absolute Gasteiger partial charge is 0.379 e. The normalized spacial score (nSPS) is 32.2. The lowest BCUT2D eigenvalue weighted by molar-refractivity contribution is -0.0353. The number of hydrazine groups is 1. The molecule has 2 fully saturated rings. The molecule has 0 spiro atoms. The van der Waals surface area contributed by atoms with Crippen LogP contribution in [0.5, 0.6) is 0 Å². The first-order valence-electron chi connectivity index (χ1n) is 7.84. The molecule has 1 aliphatic heterocycles. The molecule has 1 unspecified atom stereocenters. The molecule has 19 heavy (non-hydrogen) atoms. The molecule has 4 nitrogen and oxygen atoms in total. The topological polar surface area (TPSA) is 50.5 Å². The maximum absolute atomic E-state index is 5.92. The molecule has 4 heteroatoms. The van der Waals surface area contributed by atoms with Gasteiger partial charge in [0.2, 0.25) is 0 Å². The molecule has 2 rings (SSSR count). The average molecular weight is 269 g/mol. The van der Waals surface area contributed by atoms with Gasteiger partial charge in [-0.1, -0.05) is 19.8 Å². The molecule has 2 aliphatic rings. The highest BCUT2D eigenvalue weighted by Gasteiger charge is 2.40. The van der Waals surface area contributed by atoms with Gasteiger partial charge in [-0.25, -0.2) is 0 Å². The van der Waals surface area contributed by atoms with E-state index >= 15 is 0 Å². The van der Waals surface area contributed by atoms with Crippen molar-refractivity contribution in [3.63, 3.8) is 0 Å². The Balaban J connectivity index is 2.02. The lowest BCUT2D eigenvalue weighted by Crippen LogP contribution is -2.64. The van der Waals surface area contributed by atoms with Crippen molar-refractivity contribution in [2.24, 2.45) is 17.7 Å². The Morgan fingerprint density at radius 3 is 2.26 bits per heavy atom. The molecule has 1 saturated carbocycles. The standard InChI is InChI=1S/C15H31N3O/c1-12-4-6-13(7-5-12)14(17-16)15(2,3)18-8-10-19-11-9-18/h12-14,17H,4-11,16H2,1-3H3. The minimum atomic E-state index is 0.101. The highest BCUT2D eigenvalue weighted by Crippen LogP contribution is 2.35. The van der Waals surface area contributed by atoms with E-state index < -0.39 is 0 Å². The maximum Gasteiger partial charge on any atom is 0.0594 e. The predicted molar refractivity (Wildman–Crippen MR) is 78.7 cm³/mol. The predicted octanol–water partition coefficient (Wildman–Crippen LogP) is 1.76. The van der Waals surface area contributed by atoms with E-state index in [1.165, 1.54) is 25.7 Å². The van der Waals surface area contributed by atoms with E-state index in [-0.39, 0.29) is 5.54 Å². The summed E-state index contributed by atoms with van der Waals surface area (Å²) in [6.07, 6.45) is 5.32. The lowest BCUT2D eigenvalue weighted by atomic mass is 9.73. The van der Waals surface area contributed by atoms with Crippen molar-refractivity contribution in [1.82, 2.24) is 10.3 Å². The van der Waals surface area contributed by atoms with Gasteiger partial charge in [-0.05, 0) is 38.5 Å². The van der Waals surface area contributed by atoms with Gasteiger partial charge in [0.05, 0.1) is 13.2 Å². The smallest absolute Gasteiger partial charge is 0.0594 e. The third kappa shape index (κ3) is 3.48. The van der Waals surface area contributed by atoms with Crippen molar-refractivity contribution in [1.29, 1.82) is 0 Å². The fourth-order valence-corrected chi connectivity index (χ4v) is 3.87. The molecule has 0 aromatic rings. The molecule has 1 saturated heterocycles. The van der Waals surface area contributed by atoms with Crippen LogP contribution in [0.1, 0.15) is 46.5 Å². The van der Waals surface area contributed by atoms with Gasteiger partial charge in [0.1, 0.15) is 0 Å². The van der Waals surface area contributed by atoms with Gasteiger partial charge in [-0.2, -0.15) is 0 Å². The van der Waals surface area contributed by atoms with Crippen molar-refractivity contribution in [3.05, 3.63) is 0 Å². The van der Waals surface area contributed by atoms with Gasteiger partial charge in [0.15, 0.2) is 0 Å². The highest BCUT2D eigenvalue weighted by atomic mass is 16.5. The second-order valence-electron chi connectivity index (χ2n) is 6.92. The Hall–Kier alpha value is -0.160. The number of hydrogen-bond donors (Lipinski definition) is 2. The molecule has 0 aromatic heterocycles. The van der Waals surface area contributed by atoms with Crippen LogP contribution in [0.4, 0.5) is 0 Å². The summed E-state index contributed by atoms with van der Waals surface area (Å²) in [4.78, 5) is 2.54. The van der Waals surface area contributed by atoms with Gasteiger partial charge >= 0.3 is 0 Å². The van der Waals surface area contributed by atoms with E-state index in [9.17, 15) is 0 Å². The average Bonchev–Trinajstić information content (AvgIpc) is 2.42. The van der Waals surface area contributed by atoms with Crippen LogP contribution in [0.3, 0.4) is 0 Å². The Morgan fingerprint density at radius 2 is 1.74 bits per heavy atom. The number of nitrogens with zero attached hydrogens (tertiary/aromatic N) is 1. The number of ether oxygens (including phenoxy) is 1. The summed E-state index contributed by atoms with van der Waals surface area (Å²) in [6, 6.07) is 0.373. The van der Waals surface area contributed by atoms with Crippen LogP contribution < -0.4 is 11.3 Å². The van der Waals surface area contributed by atoms with E-state index in [1.54, 1.807) is 0 Å². The van der Waals surface area contributed by atoms with E-state index in [0.29, 0.717) is 12.0 Å². The van der Waals surface area contributed by atoms with Crippen LogP contribution in [0, 0.1) is 11.8 Å². The van der Waals surface area contributed by atoms with Crippen molar-refractivity contribution < 1.29 is 4.74 Å². The molecule has 1 atom stereocenters. The summed E-state index contributed by atoms with van der Waals surface area (Å²) in [5, 5.41) is 0. The van der Waals surface area contributed by atoms with Crippen LogP contribution in [0.15, 0.2) is 0 Å². The van der Waals surface area contributed by atoms with E-state index in [4.69, 9.17) is 10.6 Å². The zero-order valence-electron chi connectivity index (χ0n) is 12.8. The van der Waals surface area contributed by atoms with E-state index in [1.807, 2.05) is 0 Å². The van der Waals surface area contributed by atoms with Gasteiger partial charge in [0, 0.05) is 24.7 Å². The summed E-state index contributed by atoms with van der Waals surface area (Å²) in [5.74, 6) is 7.52. The molecular weight excluding hydrogens is 238 g/mol. The SMILES string of the molecule is CC1CCC(C(NN)C(C)(C)N2CCOCC2)CC1. The third-order valence-electron chi connectivity index (χ3n) is 5.30. The quantitative estimate of drug-likeness (QED) is 0.603. The minimum Gasteiger partial charge on any atom is -0.379 e. The number of nitrogens with two attached hydrogens (primary N) is 1. The minimum absolute atomic E-state index is 0.101. The molecular formula is C15H31N3O. The monoisotopic (exact) mass is 269 g/mol. The summed E-state index contributed by atoms with van der Waals surface area (Å²) < 4.78 is 5.47. The Bertz CT molecular complexity index is 269. The number of nitrogens with one attached hydrogen (secondary N) is 1.